The third-order valence-electron chi connectivity index (χ3n) is 3.95. The molecule has 0 saturated heterocycles. The predicted octanol–water partition coefficient (Wildman–Crippen LogP) is 1.36. The summed E-state index contributed by atoms with van der Waals surface area (Å²) in [6.45, 7) is 11.8. The zero-order valence-electron chi connectivity index (χ0n) is 12.3. The van der Waals surface area contributed by atoms with Crippen LogP contribution in [-0.4, -0.2) is 29.1 Å². The number of nitrogens with zero attached hydrogens (tertiary/aromatic N) is 2. The van der Waals surface area contributed by atoms with E-state index in [1.54, 1.807) is 0 Å². The van der Waals surface area contributed by atoms with Crippen LogP contribution in [0, 0.1) is 0 Å². The molecule has 0 bridgehead atoms. The molecule has 1 N–H and O–H groups in total. The predicted molar refractivity (Wildman–Crippen MR) is 78.4 cm³/mol. The van der Waals surface area contributed by atoms with Crippen molar-refractivity contribution in [3.05, 3.63) is 33.2 Å². The number of fused-ring (bicyclic) bond motifs is 1. The molecule has 2 heterocycles. The second kappa shape index (κ2) is 6.35. The van der Waals surface area contributed by atoms with Gasteiger partial charge in [0.2, 0.25) is 0 Å². The van der Waals surface area contributed by atoms with Crippen LogP contribution in [0.1, 0.15) is 37.6 Å². The number of hydrogen-bond donors (Lipinski definition) is 1. The standard InChI is InChI=1S/C15H25N3O/c1-4-16-10-12-9-13-11-17(5-2)8-7-14(13)18(6-3)15(12)19/h9,16H,4-8,10-11H2,1-3H3. The molecule has 0 fully saturated rings. The van der Waals surface area contributed by atoms with Gasteiger partial charge in [-0.1, -0.05) is 13.8 Å². The molecular formula is C15H25N3O. The van der Waals surface area contributed by atoms with E-state index in [9.17, 15) is 4.79 Å². The molecule has 0 unspecified atom stereocenters. The highest BCUT2D eigenvalue weighted by Gasteiger charge is 2.20. The van der Waals surface area contributed by atoms with E-state index in [-0.39, 0.29) is 5.56 Å². The van der Waals surface area contributed by atoms with Gasteiger partial charge in [-0.3, -0.25) is 9.69 Å². The molecule has 0 saturated carbocycles. The monoisotopic (exact) mass is 263 g/mol. The van der Waals surface area contributed by atoms with Crippen LogP contribution < -0.4 is 10.9 Å². The molecule has 4 heteroatoms. The van der Waals surface area contributed by atoms with Crippen LogP contribution in [-0.2, 0) is 26.1 Å². The van der Waals surface area contributed by atoms with E-state index in [0.29, 0.717) is 6.54 Å². The highest BCUT2D eigenvalue weighted by Crippen LogP contribution is 2.18. The van der Waals surface area contributed by atoms with Crippen LogP contribution in [0.25, 0.3) is 0 Å². The Morgan fingerprint density at radius 2 is 2.05 bits per heavy atom. The van der Waals surface area contributed by atoms with E-state index >= 15 is 0 Å². The van der Waals surface area contributed by atoms with Crippen LogP contribution in [0.5, 0.6) is 0 Å². The van der Waals surface area contributed by atoms with Crippen LogP contribution in [0.2, 0.25) is 0 Å². The third-order valence-corrected chi connectivity index (χ3v) is 3.95. The van der Waals surface area contributed by atoms with E-state index in [0.717, 1.165) is 44.7 Å². The van der Waals surface area contributed by atoms with Gasteiger partial charge in [0.25, 0.3) is 5.56 Å². The average Bonchev–Trinajstić information content (AvgIpc) is 2.44. The molecule has 0 amide bonds. The summed E-state index contributed by atoms with van der Waals surface area (Å²) in [6.07, 6.45) is 0.994. The molecule has 0 aromatic carbocycles. The fraction of sp³-hybridized carbons (Fsp3) is 0.667. The van der Waals surface area contributed by atoms with Crippen molar-refractivity contribution in [3.63, 3.8) is 0 Å². The third kappa shape index (κ3) is 2.90. The summed E-state index contributed by atoms with van der Waals surface area (Å²) in [7, 11) is 0. The zero-order chi connectivity index (χ0) is 13.8. The van der Waals surface area contributed by atoms with Gasteiger partial charge in [-0.05, 0) is 31.6 Å². The van der Waals surface area contributed by atoms with Crippen molar-refractivity contribution >= 4 is 0 Å². The Balaban J connectivity index is 2.41. The highest BCUT2D eigenvalue weighted by molar-refractivity contribution is 5.29. The van der Waals surface area contributed by atoms with Crippen molar-refractivity contribution in [1.29, 1.82) is 0 Å². The molecule has 1 aliphatic heterocycles. The van der Waals surface area contributed by atoms with Gasteiger partial charge in [0, 0.05) is 43.9 Å². The van der Waals surface area contributed by atoms with E-state index in [1.807, 2.05) is 4.57 Å². The first-order valence-electron chi connectivity index (χ1n) is 7.38. The maximum atomic E-state index is 12.4. The summed E-state index contributed by atoms with van der Waals surface area (Å²) in [5.74, 6) is 0. The minimum absolute atomic E-state index is 0.187. The average molecular weight is 263 g/mol. The first-order chi connectivity index (χ1) is 9.21. The summed E-state index contributed by atoms with van der Waals surface area (Å²) in [5, 5.41) is 3.26. The minimum atomic E-state index is 0.187. The Bertz CT molecular complexity index is 493. The number of hydrogen-bond acceptors (Lipinski definition) is 3. The molecule has 4 nitrogen and oxygen atoms in total. The largest absolute Gasteiger partial charge is 0.313 e. The lowest BCUT2D eigenvalue weighted by Crippen LogP contribution is -2.37. The van der Waals surface area contributed by atoms with Crippen LogP contribution in [0.3, 0.4) is 0 Å². The van der Waals surface area contributed by atoms with Gasteiger partial charge in [0.05, 0.1) is 0 Å². The highest BCUT2D eigenvalue weighted by atomic mass is 16.1. The van der Waals surface area contributed by atoms with Gasteiger partial charge in [-0.15, -0.1) is 0 Å². The molecule has 106 valence electrons. The van der Waals surface area contributed by atoms with Crippen molar-refractivity contribution < 1.29 is 0 Å². The maximum Gasteiger partial charge on any atom is 0.255 e. The van der Waals surface area contributed by atoms with E-state index in [4.69, 9.17) is 0 Å². The molecule has 0 atom stereocenters. The van der Waals surface area contributed by atoms with Crippen molar-refractivity contribution in [3.8, 4) is 0 Å². The molecule has 0 radical (unpaired) electrons. The second-order valence-electron chi connectivity index (χ2n) is 5.09. The Labute approximate surface area is 115 Å². The molecule has 2 rings (SSSR count). The number of likely N-dealkylation sites (N-methyl/N-ethyl adjacent to an activating group) is 1. The lowest BCUT2D eigenvalue weighted by atomic mass is 10.0. The van der Waals surface area contributed by atoms with Gasteiger partial charge in [-0.25, -0.2) is 0 Å². The Morgan fingerprint density at radius 3 is 2.68 bits per heavy atom. The summed E-state index contributed by atoms with van der Waals surface area (Å²) in [4.78, 5) is 14.9. The lowest BCUT2D eigenvalue weighted by molar-refractivity contribution is 0.261. The van der Waals surface area contributed by atoms with Gasteiger partial charge in [-0.2, -0.15) is 0 Å². The number of nitrogens with one attached hydrogen (secondary N) is 1. The van der Waals surface area contributed by atoms with Crippen LogP contribution in [0.4, 0.5) is 0 Å². The molecule has 0 spiro atoms. The smallest absolute Gasteiger partial charge is 0.255 e. The van der Waals surface area contributed by atoms with Crippen molar-refractivity contribution in [2.75, 3.05) is 19.6 Å². The lowest BCUT2D eigenvalue weighted by Gasteiger charge is -2.30. The Hall–Kier alpha value is -1.13. The number of rotatable bonds is 5. The molecule has 1 aromatic rings. The summed E-state index contributed by atoms with van der Waals surface area (Å²) >= 11 is 0. The normalized spacial score (nSPS) is 15.5. The van der Waals surface area contributed by atoms with E-state index < -0.39 is 0 Å². The van der Waals surface area contributed by atoms with Crippen LogP contribution in [0.15, 0.2) is 10.9 Å². The van der Waals surface area contributed by atoms with Crippen molar-refractivity contribution in [2.45, 2.75) is 46.8 Å². The first kappa shape index (κ1) is 14.3. The molecular weight excluding hydrogens is 238 g/mol. The van der Waals surface area contributed by atoms with Crippen LogP contribution >= 0.6 is 0 Å². The molecule has 19 heavy (non-hydrogen) atoms. The van der Waals surface area contributed by atoms with Crippen molar-refractivity contribution in [1.82, 2.24) is 14.8 Å². The van der Waals surface area contributed by atoms with Gasteiger partial charge >= 0.3 is 0 Å². The maximum absolute atomic E-state index is 12.4. The van der Waals surface area contributed by atoms with E-state index in [1.165, 1.54) is 11.3 Å². The minimum Gasteiger partial charge on any atom is -0.313 e. The number of aromatic nitrogens is 1. The molecule has 1 aliphatic rings. The van der Waals surface area contributed by atoms with Gasteiger partial charge < -0.3 is 9.88 Å². The summed E-state index contributed by atoms with van der Waals surface area (Å²) < 4.78 is 1.97. The summed E-state index contributed by atoms with van der Waals surface area (Å²) in [6, 6.07) is 2.12. The van der Waals surface area contributed by atoms with Gasteiger partial charge in [0.1, 0.15) is 0 Å². The first-order valence-corrected chi connectivity index (χ1v) is 7.38. The van der Waals surface area contributed by atoms with Gasteiger partial charge in [0.15, 0.2) is 0 Å². The number of pyridine rings is 1. The van der Waals surface area contributed by atoms with E-state index in [2.05, 4.69) is 37.1 Å². The topological polar surface area (TPSA) is 37.3 Å². The summed E-state index contributed by atoms with van der Waals surface area (Å²) in [5.41, 5.74) is 3.67. The Morgan fingerprint density at radius 1 is 1.26 bits per heavy atom. The SMILES string of the molecule is CCNCc1cc2c(n(CC)c1=O)CCN(CC)C2. The molecule has 0 aliphatic carbocycles. The fourth-order valence-corrected chi connectivity index (χ4v) is 2.83. The fourth-order valence-electron chi connectivity index (χ4n) is 2.83. The zero-order valence-corrected chi connectivity index (χ0v) is 12.3. The second-order valence-corrected chi connectivity index (χ2v) is 5.09. The van der Waals surface area contributed by atoms with Crippen molar-refractivity contribution in [2.24, 2.45) is 0 Å². The molecule has 1 aromatic heterocycles. The quantitative estimate of drug-likeness (QED) is 0.871. The Kier molecular flexibility index (Phi) is 4.77.